The van der Waals surface area contributed by atoms with Gasteiger partial charge in [-0.05, 0) is 26.4 Å². The topological polar surface area (TPSA) is 73.9 Å². The van der Waals surface area contributed by atoms with Crippen molar-refractivity contribution in [3.8, 4) is 0 Å². The third-order valence-electron chi connectivity index (χ3n) is 2.67. The predicted molar refractivity (Wildman–Crippen MR) is 72.4 cm³/mol. The monoisotopic (exact) mass is 244 g/mol. The summed E-state index contributed by atoms with van der Waals surface area (Å²) < 4.78 is 0. The lowest BCUT2D eigenvalue weighted by Gasteiger charge is -2.25. The fourth-order valence-corrected chi connectivity index (χ4v) is 1.78. The molecule has 0 aromatic carbocycles. The highest BCUT2D eigenvalue weighted by Crippen LogP contribution is 2.06. The van der Waals surface area contributed by atoms with E-state index in [1.165, 1.54) is 0 Å². The van der Waals surface area contributed by atoms with Gasteiger partial charge in [-0.25, -0.2) is 0 Å². The van der Waals surface area contributed by atoms with Crippen LogP contribution in [0.25, 0.3) is 0 Å². The van der Waals surface area contributed by atoms with Crippen molar-refractivity contribution in [3.05, 3.63) is 0 Å². The van der Waals surface area contributed by atoms with E-state index in [1.54, 1.807) is 0 Å². The molecule has 5 nitrogen and oxygen atoms in total. The minimum atomic E-state index is 0.0526. The molecule has 2 atom stereocenters. The molecule has 5 heteroatoms. The molecule has 0 radical (unpaired) electrons. The van der Waals surface area contributed by atoms with Gasteiger partial charge in [-0.1, -0.05) is 25.9 Å². The number of nitrogens with zero attached hydrogens (tertiary/aromatic N) is 2. The fourth-order valence-electron chi connectivity index (χ4n) is 1.78. The molecule has 0 aliphatic rings. The van der Waals surface area contributed by atoms with Gasteiger partial charge in [0.05, 0.1) is 0 Å². The number of amidine groups is 1. The number of nitrogens with two attached hydrogens (primary N) is 1. The summed E-state index contributed by atoms with van der Waals surface area (Å²) in [5, 5.41) is 15.1. The van der Waals surface area contributed by atoms with Crippen LogP contribution in [0.2, 0.25) is 0 Å². The quantitative estimate of drug-likeness (QED) is 0.257. The highest BCUT2D eigenvalue weighted by atomic mass is 16.4. The SMILES string of the molecule is CC(C)CC(CN(C)C)NCC(C)C(N)=NO. The number of hydrogen-bond acceptors (Lipinski definition) is 4. The highest BCUT2D eigenvalue weighted by Gasteiger charge is 2.14. The molecule has 0 amide bonds. The van der Waals surface area contributed by atoms with Crippen molar-refractivity contribution in [2.75, 3.05) is 27.2 Å². The first-order valence-corrected chi connectivity index (χ1v) is 6.22. The summed E-state index contributed by atoms with van der Waals surface area (Å²) in [7, 11) is 4.14. The molecule has 17 heavy (non-hydrogen) atoms. The normalized spacial score (nSPS) is 16.5. The molecule has 0 aromatic heterocycles. The summed E-state index contributed by atoms with van der Waals surface area (Å²) in [4.78, 5) is 2.17. The van der Waals surface area contributed by atoms with Crippen molar-refractivity contribution >= 4 is 5.84 Å². The summed E-state index contributed by atoms with van der Waals surface area (Å²) in [6, 6.07) is 0.443. The molecule has 0 spiro atoms. The molecule has 0 aromatic rings. The van der Waals surface area contributed by atoms with Crippen molar-refractivity contribution in [3.63, 3.8) is 0 Å². The maximum Gasteiger partial charge on any atom is 0.143 e. The first-order valence-electron chi connectivity index (χ1n) is 6.22. The Hall–Kier alpha value is -0.810. The van der Waals surface area contributed by atoms with Gasteiger partial charge in [-0.15, -0.1) is 0 Å². The Balaban J connectivity index is 4.15. The molecule has 0 saturated heterocycles. The molecule has 2 unspecified atom stereocenters. The minimum Gasteiger partial charge on any atom is -0.409 e. The Morgan fingerprint density at radius 3 is 2.35 bits per heavy atom. The molecule has 0 bridgehead atoms. The van der Waals surface area contributed by atoms with E-state index in [0.29, 0.717) is 12.0 Å². The maximum atomic E-state index is 8.59. The fraction of sp³-hybridized carbons (Fsp3) is 0.917. The van der Waals surface area contributed by atoms with Gasteiger partial charge < -0.3 is 21.2 Å². The maximum absolute atomic E-state index is 8.59. The van der Waals surface area contributed by atoms with Crippen molar-refractivity contribution in [1.82, 2.24) is 10.2 Å². The molecule has 0 heterocycles. The molecule has 102 valence electrons. The van der Waals surface area contributed by atoms with Gasteiger partial charge in [0, 0.05) is 25.0 Å². The number of likely N-dealkylation sites (N-methyl/N-ethyl adjacent to an activating group) is 1. The van der Waals surface area contributed by atoms with Crippen molar-refractivity contribution in [2.24, 2.45) is 22.7 Å². The smallest absolute Gasteiger partial charge is 0.143 e. The molecule has 0 rings (SSSR count). The average molecular weight is 244 g/mol. The zero-order chi connectivity index (χ0) is 13.4. The average Bonchev–Trinajstić information content (AvgIpc) is 2.22. The van der Waals surface area contributed by atoms with Crippen LogP contribution in [0.4, 0.5) is 0 Å². The predicted octanol–water partition coefficient (Wildman–Crippen LogP) is 0.935. The van der Waals surface area contributed by atoms with E-state index in [4.69, 9.17) is 10.9 Å². The molecule has 0 aliphatic carbocycles. The van der Waals surface area contributed by atoms with Crippen molar-refractivity contribution in [2.45, 2.75) is 33.2 Å². The Bertz CT molecular complexity index is 219. The Morgan fingerprint density at radius 2 is 1.94 bits per heavy atom. The number of oxime groups is 1. The summed E-state index contributed by atoms with van der Waals surface area (Å²) >= 11 is 0. The highest BCUT2D eigenvalue weighted by molar-refractivity contribution is 5.82. The molecular formula is C12H28N4O. The second-order valence-corrected chi connectivity index (χ2v) is 5.42. The third kappa shape index (κ3) is 7.99. The van der Waals surface area contributed by atoms with E-state index in [-0.39, 0.29) is 11.8 Å². The van der Waals surface area contributed by atoms with Gasteiger partial charge in [-0.2, -0.15) is 0 Å². The Labute approximate surface area is 105 Å². The summed E-state index contributed by atoms with van der Waals surface area (Å²) in [5.41, 5.74) is 5.55. The lowest BCUT2D eigenvalue weighted by atomic mass is 10.0. The number of hydrogen-bond donors (Lipinski definition) is 3. The van der Waals surface area contributed by atoms with Crippen LogP contribution in [-0.4, -0.2) is 49.2 Å². The third-order valence-corrected chi connectivity index (χ3v) is 2.67. The zero-order valence-corrected chi connectivity index (χ0v) is 11.8. The van der Waals surface area contributed by atoms with Crippen LogP contribution in [0.3, 0.4) is 0 Å². The lowest BCUT2D eigenvalue weighted by Crippen LogP contribution is -2.43. The first-order chi connectivity index (χ1) is 7.86. The van der Waals surface area contributed by atoms with Crippen LogP contribution in [0.1, 0.15) is 27.2 Å². The van der Waals surface area contributed by atoms with E-state index in [2.05, 4.69) is 43.3 Å². The van der Waals surface area contributed by atoms with Gasteiger partial charge in [0.2, 0.25) is 0 Å². The second kappa shape index (κ2) is 8.31. The number of rotatable bonds is 8. The molecule has 4 N–H and O–H groups in total. The van der Waals surface area contributed by atoms with Crippen molar-refractivity contribution < 1.29 is 5.21 Å². The van der Waals surface area contributed by atoms with Crippen LogP contribution in [0.15, 0.2) is 5.16 Å². The van der Waals surface area contributed by atoms with Crippen molar-refractivity contribution in [1.29, 1.82) is 0 Å². The van der Waals surface area contributed by atoms with Crippen LogP contribution in [0.5, 0.6) is 0 Å². The molecular weight excluding hydrogens is 216 g/mol. The van der Waals surface area contributed by atoms with Crippen LogP contribution >= 0.6 is 0 Å². The van der Waals surface area contributed by atoms with E-state index < -0.39 is 0 Å². The summed E-state index contributed by atoms with van der Waals surface area (Å²) in [6.07, 6.45) is 1.13. The van der Waals surface area contributed by atoms with Crippen LogP contribution in [0, 0.1) is 11.8 Å². The molecule has 0 fully saturated rings. The van der Waals surface area contributed by atoms with Gasteiger partial charge in [0.1, 0.15) is 5.84 Å². The van der Waals surface area contributed by atoms with Gasteiger partial charge in [0.15, 0.2) is 0 Å². The Kier molecular flexibility index (Phi) is 7.91. The zero-order valence-electron chi connectivity index (χ0n) is 11.8. The number of nitrogens with one attached hydrogen (secondary N) is 1. The first kappa shape index (κ1) is 16.2. The van der Waals surface area contributed by atoms with Crippen LogP contribution in [-0.2, 0) is 0 Å². The van der Waals surface area contributed by atoms with E-state index in [1.807, 2.05) is 6.92 Å². The van der Waals surface area contributed by atoms with E-state index in [9.17, 15) is 0 Å². The summed E-state index contributed by atoms with van der Waals surface area (Å²) in [5.74, 6) is 0.995. The van der Waals surface area contributed by atoms with E-state index in [0.717, 1.165) is 19.5 Å². The van der Waals surface area contributed by atoms with Crippen LogP contribution < -0.4 is 11.1 Å². The standard InChI is InChI=1S/C12H28N4O/c1-9(2)6-11(8-16(4)5)14-7-10(3)12(13)15-17/h9-11,14,17H,6-8H2,1-5H3,(H2,13,15). The van der Waals surface area contributed by atoms with Gasteiger partial charge in [0.25, 0.3) is 0 Å². The van der Waals surface area contributed by atoms with Gasteiger partial charge >= 0.3 is 0 Å². The molecule has 0 aliphatic heterocycles. The lowest BCUT2D eigenvalue weighted by molar-refractivity contribution is 0.297. The minimum absolute atomic E-state index is 0.0526. The van der Waals surface area contributed by atoms with E-state index >= 15 is 0 Å². The van der Waals surface area contributed by atoms with Gasteiger partial charge in [-0.3, -0.25) is 0 Å². The Morgan fingerprint density at radius 1 is 1.35 bits per heavy atom. The second-order valence-electron chi connectivity index (χ2n) is 5.42. The summed E-state index contributed by atoms with van der Waals surface area (Å²) in [6.45, 7) is 8.13. The largest absolute Gasteiger partial charge is 0.409 e. The molecule has 0 saturated carbocycles.